The molecule has 0 amide bonds. The SMILES string of the molecule is CCN(N)C(C)C. The van der Waals surface area contributed by atoms with E-state index in [0.717, 1.165) is 6.54 Å². The van der Waals surface area contributed by atoms with Crippen LogP contribution in [0.1, 0.15) is 20.8 Å². The van der Waals surface area contributed by atoms with Gasteiger partial charge in [-0.1, -0.05) is 6.92 Å². The molecular weight excluding hydrogens is 88.1 g/mol. The minimum Gasteiger partial charge on any atom is -0.269 e. The topological polar surface area (TPSA) is 29.3 Å². The standard InChI is InChI=1S/C5H14N2/c1-4-7(6)5(2)3/h5H,4,6H2,1-3H3. The van der Waals surface area contributed by atoms with Gasteiger partial charge in [-0.25, -0.2) is 5.01 Å². The van der Waals surface area contributed by atoms with Crippen LogP contribution in [0.15, 0.2) is 0 Å². The van der Waals surface area contributed by atoms with Crippen molar-refractivity contribution in [3.63, 3.8) is 0 Å². The van der Waals surface area contributed by atoms with Crippen LogP contribution in [0.3, 0.4) is 0 Å². The zero-order valence-corrected chi connectivity index (χ0v) is 5.31. The molecule has 0 aromatic rings. The summed E-state index contributed by atoms with van der Waals surface area (Å²) in [6.07, 6.45) is 0. The molecule has 0 fully saturated rings. The molecule has 0 aromatic heterocycles. The van der Waals surface area contributed by atoms with Gasteiger partial charge in [0.25, 0.3) is 0 Å². The molecule has 0 aliphatic carbocycles. The van der Waals surface area contributed by atoms with Crippen LogP contribution in [0.25, 0.3) is 0 Å². The lowest BCUT2D eigenvalue weighted by atomic mass is 10.4. The van der Waals surface area contributed by atoms with Crippen LogP contribution in [0.2, 0.25) is 0 Å². The van der Waals surface area contributed by atoms with E-state index in [2.05, 4.69) is 13.8 Å². The quantitative estimate of drug-likeness (QED) is 0.408. The van der Waals surface area contributed by atoms with Crippen molar-refractivity contribution in [2.45, 2.75) is 26.8 Å². The fraction of sp³-hybridized carbons (Fsp3) is 1.00. The number of rotatable bonds is 2. The Labute approximate surface area is 45.3 Å². The van der Waals surface area contributed by atoms with Gasteiger partial charge in [-0.15, -0.1) is 0 Å². The first kappa shape index (κ1) is 6.92. The van der Waals surface area contributed by atoms with Gasteiger partial charge in [-0.3, -0.25) is 5.84 Å². The summed E-state index contributed by atoms with van der Waals surface area (Å²) >= 11 is 0. The summed E-state index contributed by atoms with van der Waals surface area (Å²) in [5.74, 6) is 5.45. The Morgan fingerprint density at radius 3 is 2.00 bits per heavy atom. The van der Waals surface area contributed by atoms with E-state index in [4.69, 9.17) is 5.84 Å². The normalized spacial score (nSPS) is 11.1. The highest BCUT2D eigenvalue weighted by atomic mass is 15.4. The Bertz CT molecular complexity index is 43.3. The summed E-state index contributed by atoms with van der Waals surface area (Å²) in [5.41, 5.74) is 0. The van der Waals surface area contributed by atoms with Crippen molar-refractivity contribution in [3.05, 3.63) is 0 Å². The van der Waals surface area contributed by atoms with Gasteiger partial charge in [0, 0.05) is 12.6 Å². The van der Waals surface area contributed by atoms with Crippen molar-refractivity contribution in [3.8, 4) is 0 Å². The molecule has 7 heavy (non-hydrogen) atoms. The highest BCUT2D eigenvalue weighted by Gasteiger charge is 1.96. The van der Waals surface area contributed by atoms with Crippen LogP contribution in [0.5, 0.6) is 0 Å². The van der Waals surface area contributed by atoms with E-state index in [-0.39, 0.29) is 0 Å². The molecule has 0 radical (unpaired) electrons. The number of hydrazine groups is 1. The van der Waals surface area contributed by atoms with Crippen molar-refractivity contribution < 1.29 is 0 Å². The van der Waals surface area contributed by atoms with Crippen molar-refractivity contribution >= 4 is 0 Å². The summed E-state index contributed by atoms with van der Waals surface area (Å²) in [7, 11) is 0. The van der Waals surface area contributed by atoms with Crippen LogP contribution in [0.4, 0.5) is 0 Å². The third-order valence-corrected chi connectivity index (χ3v) is 1.03. The minimum atomic E-state index is 0.477. The number of nitrogens with two attached hydrogens (primary N) is 1. The van der Waals surface area contributed by atoms with E-state index in [1.165, 1.54) is 0 Å². The van der Waals surface area contributed by atoms with Crippen LogP contribution in [0, 0.1) is 0 Å². The molecular formula is C5H14N2. The minimum absolute atomic E-state index is 0.477. The van der Waals surface area contributed by atoms with Gasteiger partial charge < -0.3 is 0 Å². The van der Waals surface area contributed by atoms with E-state index in [1.54, 1.807) is 5.01 Å². The molecule has 0 heterocycles. The lowest BCUT2D eigenvalue weighted by molar-refractivity contribution is 0.241. The fourth-order valence-corrected chi connectivity index (χ4v) is 0.365. The molecule has 0 saturated heterocycles. The molecule has 0 aliphatic heterocycles. The maximum Gasteiger partial charge on any atom is 0.0184 e. The summed E-state index contributed by atoms with van der Waals surface area (Å²) in [6, 6.07) is 0.477. The Morgan fingerprint density at radius 2 is 2.00 bits per heavy atom. The monoisotopic (exact) mass is 102 g/mol. The molecule has 0 atom stereocenters. The van der Waals surface area contributed by atoms with Gasteiger partial charge in [0.2, 0.25) is 0 Å². The molecule has 0 bridgehead atoms. The van der Waals surface area contributed by atoms with Crippen molar-refractivity contribution in [1.29, 1.82) is 0 Å². The van der Waals surface area contributed by atoms with Crippen LogP contribution < -0.4 is 5.84 Å². The predicted molar refractivity (Wildman–Crippen MR) is 31.7 cm³/mol. The average molecular weight is 102 g/mol. The Morgan fingerprint density at radius 1 is 1.57 bits per heavy atom. The molecule has 2 heteroatoms. The second-order valence-electron chi connectivity index (χ2n) is 1.92. The van der Waals surface area contributed by atoms with E-state index in [1.807, 2.05) is 6.92 Å². The molecule has 2 nitrogen and oxygen atoms in total. The largest absolute Gasteiger partial charge is 0.269 e. The van der Waals surface area contributed by atoms with Crippen molar-refractivity contribution in [1.82, 2.24) is 5.01 Å². The maximum absolute atomic E-state index is 5.45. The Kier molecular flexibility index (Phi) is 2.96. The van der Waals surface area contributed by atoms with E-state index in [0.29, 0.717) is 6.04 Å². The van der Waals surface area contributed by atoms with Gasteiger partial charge in [-0.2, -0.15) is 0 Å². The summed E-state index contributed by atoms with van der Waals surface area (Å²) in [5, 5.41) is 1.79. The summed E-state index contributed by atoms with van der Waals surface area (Å²) in [6.45, 7) is 7.12. The molecule has 0 saturated carbocycles. The lowest BCUT2D eigenvalue weighted by Gasteiger charge is -2.16. The zero-order valence-electron chi connectivity index (χ0n) is 5.31. The number of hydrogen-bond acceptors (Lipinski definition) is 2. The van der Waals surface area contributed by atoms with Crippen LogP contribution >= 0.6 is 0 Å². The molecule has 2 N–H and O–H groups in total. The Hall–Kier alpha value is -0.0800. The molecule has 0 aromatic carbocycles. The third-order valence-electron chi connectivity index (χ3n) is 1.03. The first-order chi connectivity index (χ1) is 3.18. The molecule has 0 rings (SSSR count). The van der Waals surface area contributed by atoms with Crippen LogP contribution in [-0.2, 0) is 0 Å². The van der Waals surface area contributed by atoms with Gasteiger partial charge in [0.15, 0.2) is 0 Å². The average Bonchev–Trinajstić information content (AvgIpc) is 1.65. The fourth-order valence-electron chi connectivity index (χ4n) is 0.365. The van der Waals surface area contributed by atoms with Gasteiger partial charge in [0.1, 0.15) is 0 Å². The smallest absolute Gasteiger partial charge is 0.0184 e. The Balaban J connectivity index is 3.14. The molecule has 0 spiro atoms. The van der Waals surface area contributed by atoms with Crippen LogP contribution in [-0.4, -0.2) is 17.6 Å². The van der Waals surface area contributed by atoms with Gasteiger partial charge in [-0.05, 0) is 13.8 Å². The first-order valence-corrected chi connectivity index (χ1v) is 2.69. The summed E-state index contributed by atoms with van der Waals surface area (Å²) < 4.78 is 0. The predicted octanol–water partition coefficient (Wildman–Crippen LogP) is 0.590. The number of nitrogens with zero attached hydrogens (tertiary/aromatic N) is 1. The second kappa shape index (κ2) is 2.99. The maximum atomic E-state index is 5.45. The molecule has 44 valence electrons. The zero-order chi connectivity index (χ0) is 5.86. The molecule has 0 unspecified atom stereocenters. The lowest BCUT2D eigenvalue weighted by Crippen LogP contribution is -2.36. The van der Waals surface area contributed by atoms with Gasteiger partial charge in [0.05, 0.1) is 0 Å². The second-order valence-corrected chi connectivity index (χ2v) is 1.92. The number of hydrogen-bond donors (Lipinski definition) is 1. The van der Waals surface area contributed by atoms with Crippen molar-refractivity contribution in [2.75, 3.05) is 6.54 Å². The van der Waals surface area contributed by atoms with Crippen molar-refractivity contribution in [2.24, 2.45) is 5.84 Å². The first-order valence-electron chi connectivity index (χ1n) is 2.69. The van der Waals surface area contributed by atoms with E-state index in [9.17, 15) is 0 Å². The highest BCUT2D eigenvalue weighted by molar-refractivity contribution is 4.48. The van der Waals surface area contributed by atoms with E-state index >= 15 is 0 Å². The van der Waals surface area contributed by atoms with E-state index < -0.39 is 0 Å². The summed E-state index contributed by atoms with van der Waals surface area (Å²) in [4.78, 5) is 0. The molecule has 0 aliphatic rings. The third kappa shape index (κ3) is 2.60. The van der Waals surface area contributed by atoms with Gasteiger partial charge >= 0.3 is 0 Å². The highest BCUT2D eigenvalue weighted by Crippen LogP contribution is 1.85.